The predicted octanol–water partition coefficient (Wildman–Crippen LogP) is 2.54. The highest BCUT2D eigenvalue weighted by Crippen LogP contribution is 2.06. The fourth-order valence-corrected chi connectivity index (χ4v) is 1.09. The molecule has 0 atom stereocenters. The Kier molecular flexibility index (Phi) is 3.71. The maximum absolute atomic E-state index is 10.0. The lowest BCUT2D eigenvalue weighted by Crippen LogP contribution is -1.85. The zero-order valence-corrected chi connectivity index (χ0v) is 7.44. The van der Waals surface area contributed by atoms with Gasteiger partial charge in [-0.25, -0.2) is 0 Å². The van der Waals surface area contributed by atoms with Gasteiger partial charge in [0.2, 0.25) is 0 Å². The van der Waals surface area contributed by atoms with Crippen LogP contribution in [0.3, 0.4) is 0 Å². The van der Waals surface area contributed by atoms with Gasteiger partial charge in [-0.05, 0) is 18.1 Å². The van der Waals surface area contributed by atoms with Crippen molar-refractivity contribution in [3.63, 3.8) is 0 Å². The zero-order chi connectivity index (χ0) is 9.52. The summed E-state index contributed by atoms with van der Waals surface area (Å²) >= 11 is 0. The van der Waals surface area contributed by atoms with Crippen molar-refractivity contribution >= 4 is 6.29 Å². The van der Waals surface area contributed by atoms with Crippen molar-refractivity contribution in [3.05, 3.63) is 60.2 Å². The SMILES string of the molecule is C=C(/C=C/C=O)Cc1ccccc1. The van der Waals surface area contributed by atoms with Crippen LogP contribution in [0.2, 0.25) is 0 Å². The molecular weight excluding hydrogens is 160 g/mol. The average molecular weight is 172 g/mol. The summed E-state index contributed by atoms with van der Waals surface area (Å²) in [7, 11) is 0. The van der Waals surface area contributed by atoms with Gasteiger partial charge in [-0.1, -0.05) is 48.6 Å². The number of carbonyl (C=O) groups is 1. The third-order valence-electron chi connectivity index (χ3n) is 1.68. The normalized spacial score (nSPS) is 10.2. The standard InChI is InChI=1S/C12H12O/c1-11(6-5-9-13)10-12-7-3-2-4-8-12/h2-9H,1,10H2/b6-5+. The second-order valence-electron chi connectivity index (χ2n) is 2.82. The van der Waals surface area contributed by atoms with E-state index in [9.17, 15) is 4.79 Å². The first-order chi connectivity index (χ1) is 6.33. The molecule has 0 fully saturated rings. The van der Waals surface area contributed by atoms with Crippen molar-refractivity contribution in [1.82, 2.24) is 0 Å². The van der Waals surface area contributed by atoms with E-state index in [1.807, 2.05) is 30.3 Å². The second-order valence-corrected chi connectivity index (χ2v) is 2.82. The van der Waals surface area contributed by atoms with Crippen LogP contribution in [0.4, 0.5) is 0 Å². The molecule has 0 saturated heterocycles. The number of hydrogen-bond acceptors (Lipinski definition) is 1. The first-order valence-corrected chi connectivity index (χ1v) is 4.16. The van der Waals surface area contributed by atoms with E-state index >= 15 is 0 Å². The molecule has 1 rings (SSSR count). The Hall–Kier alpha value is -1.63. The molecule has 0 aliphatic heterocycles. The molecule has 0 saturated carbocycles. The van der Waals surface area contributed by atoms with Crippen LogP contribution in [0.15, 0.2) is 54.6 Å². The van der Waals surface area contributed by atoms with Crippen LogP contribution in [0.5, 0.6) is 0 Å². The summed E-state index contributed by atoms with van der Waals surface area (Å²) in [5, 5.41) is 0. The molecule has 0 aliphatic carbocycles. The Balaban J connectivity index is 2.55. The Labute approximate surface area is 78.4 Å². The van der Waals surface area contributed by atoms with Gasteiger partial charge in [0, 0.05) is 0 Å². The van der Waals surface area contributed by atoms with E-state index in [0.717, 1.165) is 18.3 Å². The van der Waals surface area contributed by atoms with E-state index in [1.165, 1.54) is 11.6 Å². The summed E-state index contributed by atoms with van der Waals surface area (Å²) in [5.41, 5.74) is 2.15. The highest BCUT2D eigenvalue weighted by atomic mass is 16.1. The van der Waals surface area contributed by atoms with Gasteiger partial charge in [0.15, 0.2) is 0 Å². The van der Waals surface area contributed by atoms with Crippen molar-refractivity contribution < 1.29 is 4.79 Å². The number of benzene rings is 1. The molecule has 66 valence electrons. The van der Waals surface area contributed by atoms with Crippen molar-refractivity contribution in [2.45, 2.75) is 6.42 Å². The molecule has 0 bridgehead atoms. The van der Waals surface area contributed by atoms with Gasteiger partial charge < -0.3 is 0 Å². The predicted molar refractivity (Wildman–Crippen MR) is 54.5 cm³/mol. The summed E-state index contributed by atoms with van der Waals surface area (Å²) < 4.78 is 0. The molecule has 1 aromatic carbocycles. The number of hydrogen-bond donors (Lipinski definition) is 0. The molecule has 1 heteroatoms. The van der Waals surface area contributed by atoms with Crippen LogP contribution < -0.4 is 0 Å². The van der Waals surface area contributed by atoms with E-state index in [2.05, 4.69) is 6.58 Å². The van der Waals surface area contributed by atoms with Crippen LogP contribution in [0.25, 0.3) is 0 Å². The van der Waals surface area contributed by atoms with Gasteiger partial charge >= 0.3 is 0 Å². The molecular formula is C12H12O. The fourth-order valence-electron chi connectivity index (χ4n) is 1.09. The highest BCUT2D eigenvalue weighted by Gasteiger charge is 1.91. The minimum absolute atomic E-state index is 0.760. The summed E-state index contributed by atoms with van der Waals surface area (Å²) in [5.74, 6) is 0. The molecule has 0 radical (unpaired) electrons. The summed E-state index contributed by atoms with van der Waals surface area (Å²) in [4.78, 5) is 10.0. The topological polar surface area (TPSA) is 17.1 Å². The average Bonchev–Trinajstić information content (AvgIpc) is 2.16. The van der Waals surface area contributed by atoms with Crippen LogP contribution in [-0.4, -0.2) is 6.29 Å². The molecule has 0 aromatic heterocycles. The van der Waals surface area contributed by atoms with E-state index in [1.54, 1.807) is 6.08 Å². The summed E-state index contributed by atoms with van der Waals surface area (Å²) in [6, 6.07) is 10.0. The Morgan fingerprint density at radius 3 is 2.62 bits per heavy atom. The smallest absolute Gasteiger partial charge is 0.142 e. The molecule has 0 N–H and O–H groups in total. The van der Waals surface area contributed by atoms with E-state index in [4.69, 9.17) is 0 Å². The van der Waals surface area contributed by atoms with Gasteiger partial charge in [0.25, 0.3) is 0 Å². The highest BCUT2D eigenvalue weighted by molar-refractivity contribution is 5.65. The lowest BCUT2D eigenvalue weighted by molar-refractivity contribution is -0.104. The van der Waals surface area contributed by atoms with E-state index < -0.39 is 0 Å². The minimum Gasteiger partial charge on any atom is -0.299 e. The summed E-state index contributed by atoms with van der Waals surface area (Å²) in [6.45, 7) is 3.84. The Morgan fingerprint density at radius 1 is 1.31 bits per heavy atom. The van der Waals surface area contributed by atoms with Crippen molar-refractivity contribution in [3.8, 4) is 0 Å². The number of allylic oxidation sites excluding steroid dienone is 3. The van der Waals surface area contributed by atoms with Crippen molar-refractivity contribution in [2.75, 3.05) is 0 Å². The van der Waals surface area contributed by atoms with Crippen LogP contribution in [-0.2, 0) is 11.2 Å². The molecule has 1 aromatic rings. The third kappa shape index (κ3) is 3.52. The molecule has 13 heavy (non-hydrogen) atoms. The maximum atomic E-state index is 10.0. The molecule has 0 amide bonds. The van der Waals surface area contributed by atoms with Crippen molar-refractivity contribution in [1.29, 1.82) is 0 Å². The van der Waals surface area contributed by atoms with Gasteiger partial charge in [-0.3, -0.25) is 4.79 Å². The van der Waals surface area contributed by atoms with Crippen LogP contribution in [0.1, 0.15) is 5.56 Å². The van der Waals surface area contributed by atoms with Gasteiger partial charge in [0.05, 0.1) is 0 Å². The van der Waals surface area contributed by atoms with E-state index in [0.29, 0.717) is 0 Å². The Bertz CT molecular complexity index is 309. The molecule has 0 heterocycles. The quantitative estimate of drug-likeness (QED) is 0.387. The second kappa shape index (κ2) is 5.09. The first kappa shape index (κ1) is 9.46. The minimum atomic E-state index is 0.760. The number of rotatable bonds is 4. The largest absolute Gasteiger partial charge is 0.299 e. The first-order valence-electron chi connectivity index (χ1n) is 4.16. The molecule has 0 spiro atoms. The van der Waals surface area contributed by atoms with Gasteiger partial charge in [-0.2, -0.15) is 0 Å². The Morgan fingerprint density at radius 2 is 2.00 bits per heavy atom. The fraction of sp³-hybridized carbons (Fsp3) is 0.0833. The maximum Gasteiger partial charge on any atom is 0.142 e. The van der Waals surface area contributed by atoms with Crippen molar-refractivity contribution in [2.24, 2.45) is 0 Å². The molecule has 1 nitrogen and oxygen atoms in total. The number of aldehydes is 1. The summed E-state index contributed by atoms with van der Waals surface area (Å²) in [6.07, 6.45) is 4.76. The third-order valence-corrected chi connectivity index (χ3v) is 1.68. The monoisotopic (exact) mass is 172 g/mol. The van der Waals surface area contributed by atoms with Gasteiger partial charge in [0.1, 0.15) is 6.29 Å². The molecule has 0 aliphatic rings. The number of carbonyl (C=O) groups excluding carboxylic acids is 1. The van der Waals surface area contributed by atoms with E-state index in [-0.39, 0.29) is 0 Å². The van der Waals surface area contributed by atoms with Crippen LogP contribution >= 0.6 is 0 Å². The molecule has 0 unspecified atom stereocenters. The van der Waals surface area contributed by atoms with Crippen LogP contribution in [0, 0.1) is 0 Å². The lowest BCUT2D eigenvalue weighted by atomic mass is 10.1. The van der Waals surface area contributed by atoms with Gasteiger partial charge in [-0.15, -0.1) is 0 Å². The zero-order valence-electron chi connectivity index (χ0n) is 7.44. The lowest BCUT2D eigenvalue weighted by Gasteiger charge is -1.99.